The van der Waals surface area contributed by atoms with Gasteiger partial charge >= 0.3 is 6.03 Å². The molecule has 2 saturated heterocycles. The second-order valence-electron chi connectivity index (χ2n) is 7.47. The highest BCUT2D eigenvalue weighted by Crippen LogP contribution is 2.53. The van der Waals surface area contributed by atoms with Gasteiger partial charge in [-0.25, -0.2) is 4.79 Å². The minimum Gasteiger partial charge on any atom is -0.378 e. The number of urea groups is 1. The number of nitrogens with zero attached hydrogens (tertiary/aromatic N) is 4. The van der Waals surface area contributed by atoms with E-state index >= 15 is 0 Å². The smallest absolute Gasteiger partial charge is 0.324 e. The van der Waals surface area contributed by atoms with Crippen molar-refractivity contribution < 1.29 is 14.3 Å². The van der Waals surface area contributed by atoms with Crippen molar-refractivity contribution in [2.75, 3.05) is 19.7 Å². The number of rotatable bonds is 6. The summed E-state index contributed by atoms with van der Waals surface area (Å²) in [5.74, 6) is -0.202. The van der Waals surface area contributed by atoms with Gasteiger partial charge in [0.05, 0.1) is 18.3 Å². The fourth-order valence-electron chi connectivity index (χ4n) is 3.88. The van der Waals surface area contributed by atoms with Crippen molar-refractivity contribution in [1.29, 1.82) is 0 Å². The van der Waals surface area contributed by atoms with Crippen molar-refractivity contribution in [2.24, 2.45) is 5.41 Å². The lowest BCUT2D eigenvalue weighted by Crippen LogP contribution is -2.49. The average molecular weight is 347 g/mol. The molecule has 1 unspecified atom stereocenters. The van der Waals surface area contributed by atoms with Crippen molar-refractivity contribution >= 4 is 11.9 Å². The van der Waals surface area contributed by atoms with Crippen LogP contribution in [-0.2, 0) is 22.5 Å². The molecule has 1 N–H and O–H groups in total. The molecule has 8 nitrogen and oxygen atoms in total. The third-order valence-electron chi connectivity index (χ3n) is 5.60. The van der Waals surface area contributed by atoms with Gasteiger partial charge in [-0.15, -0.1) is 5.10 Å². The second kappa shape index (κ2) is 6.74. The van der Waals surface area contributed by atoms with Gasteiger partial charge in [0.25, 0.3) is 0 Å². The zero-order valence-corrected chi connectivity index (χ0v) is 14.4. The number of imide groups is 1. The van der Waals surface area contributed by atoms with Crippen LogP contribution in [0.5, 0.6) is 0 Å². The molecule has 0 spiro atoms. The van der Waals surface area contributed by atoms with E-state index in [1.165, 1.54) is 25.7 Å². The van der Waals surface area contributed by atoms with Crippen molar-refractivity contribution in [3.8, 4) is 0 Å². The standard InChI is InChI=1S/C17H25N5O3/c23-15-5-9-21(16(24)18-15)8-4-13-11-22(20-19-13)12-17(6-7-17)14-3-1-2-10-25-14/h11,14H,1-10,12H2,(H,18,23,24). The number of nitrogens with one attached hydrogen (secondary N) is 1. The summed E-state index contributed by atoms with van der Waals surface area (Å²) in [7, 11) is 0. The zero-order chi connectivity index (χ0) is 17.3. The Labute approximate surface area is 146 Å². The molecule has 1 atom stereocenters. The first-order chi connectivity index (χ1) is 12.1. The number of amides is 3. The molecule has 1 saturated carbocycles. The van der Waals surface area contributed by atoms with Crippen LogP contribution in [0.1, 0.15) is 44.2 Å². The molecule has 3 aliphatic rings. The van der Waals surface area contributed by atoms with Gasteiger partial charge in [-0.2, -0.15) is 0 Å². The monoisotopic (exact) mass is 347 g/mol. The topological polar surface area (TPSA) is 89.3 Å². The Kier molecular flexibility index (Phi) is 4.45. The van der Waals surface area contributed by atoms with Crippen LogP contribution in [0.25, 0.3) is 0 Å². The van der Waals surface area contributed by atoms with Gasteiger partial charge in [0, 0.05) is 44.1 Å². The fraction of sp³-hybridized carbons (Fsp3) is 0.765. The molecular weight excluding hydrogens is 322 g/mol. The molecule has 3 heterocycles. The molecule has 1 aromatic rings. The van der Waals surface area contributed by atoms with E-state index in [1.807, 2.05) is 10.9 Å². The van der Waals surface area contributed by atoms with Crippen LogP contribution in [0.3, 0.4) is 0 Å². The molecular formula is C17H25N5O3. The summed E-state index contributed by atoms with van der Waals surface area (Å²) in [6.45, 7) is 2.77. The van der Waals surface area contributed by atoms with E-state index in [9.17, 15) is 9.59 Å². The van der Waals surface area contributed by atoms with Gasteiger partial charge in [-0.05, 0) is 32.1 Å². The molecule has 25 heavy (non-hydrogen) atoms. The molecule has 8 heteroatoms. The van der Waals surface area contributed by atoms with Crippen LogP contribution in [-0.4, -0.2) is 57.6 Å². The van der Waals surface area contributed by atoms with E-state index in [0.29, 0.717) is 32.0 Å². The first kappa shape index (κ1) is 16.5. The summed E-state index contributed by atoms with van der Waals surface area (Å²) in [5.41, 5.74) is 1.13. The fourth-order valence-corrected chi connectivity index (χ4v) is 3.88. The highest BCUT2D eigenvalue weighted by molar-refractivity contribution is 5.96. The minimum absolute atomic E-state index is 0.202. The maximum Gasteiger partial charge on any atom is 0.324 e. The van der Waals surface area contributed by atoms with Crippen LogP contribution in [0.4, 0.5) is 4.79 Å². The lowest BCUT2D eigenvalue weighted by Gasteiger charge is -2.30. The predicted molar refractivity (Wildman–Crippen MR) is 88.7 cm³/mol. The molecule has 3 fully saturated rings. The molecule has 4 rings (SSSR count). The molecule has 0 radical (unpaired) electrons. The number of hydrogen-bond donors (Lipinski definition) is 1. The summed E-state index contributed by atoms with van der Waals surface area (Å²) in [5, 5.41) is 10.9. The van der Waals surface area contributed by atoms with E-state index in [0.717, 1.165) is 25.3 Å². The highest BCUT2D eigenvalue weighted by Gasteiger charge is 2.50. The van der Waals surface area contributed by atoms with Crippen LogP contribution < -0.4 is 5.32 Å². The molecule has 1 aromatic heterocycles. The number of ether oxygens (including phenoxy) is 1. The first-order valence-electron chi connectivity index (χ1n) is 9.24. The minimum atomic E-state index is -0.310. The molecule has 1 aliphatic carbocycles. The Morgan fingerprint density at radius 2 is 2.20 bits per heavy atom. The van der Waals surface area contributed by atoms with E-state index in [-0.39, 0.29) is 17.4 Å². The quantitative estimate of drug-likeness (QED) is 0.833. The van der Waals surface area contributed by atoms with Crippen LogP contribution in [0, 0.1) is 5.41 Å². The van der Waals surface area contributed by atoms with Crippen LogP contribution in [0.2, 0.25) is 0 Å². The van der Waals surface area contributed by atoms with Gasteiger partial charge in [-0.3, -0.25) is 14.8 Å². The highest BCUT2D eigenvalue weighted by atomic mass is 16.5. The summed E-state index contributed by atoms with van der Waals surface area (Å²) in [6, 6.07) is -0.310. The number of aromatic nitrogens is 3. The van der Waals surface area contributed by atoms with E-state index in [2.05, 4.69) is 15.6 Å². The van der Waals surface area contributed by atoms with Crippen molar-refractivity contribution in [2.45, 2.75) is 57.6 Å². The van der Waals surface area contributed by atoms with Gasteiger partial charge in [0.15, 0.2) is 0 Å². The molecule has 3 amide bonds. The summed E-state index contributed by atoms with van der Waals surface area (Å²) >= 11 is 0. The van der Waals surface area contributed by atoms with Gasteiger partial charge < -0.3 is 9.64 Å². The SMILES string of the molecule is O=C1CCN(CCc2cn(CC3(C4CCCCO4)CC3)nn2)C(=O)N1. The van der Waals surface area contributed by atoms with Crippen molar-refractivity contribution in [1.82, 2.24) is 25.2 Å². The predicted octanol–water partition coefficient (Wildman–Crippen LogP) is 1.11. The third-order valence-corrected chi connectivity index (χ3v) is 5.60. The third kappa shape index (κ3) is 3.68. The Balaban J connectivity index is 1.30. The Morgan fingerprint density at radius 3 is 2.92 bits per heavy atom. The summed E-state index contributed by atoms with van der Waals surface area (Å²) in [4.78, 5) is 24.6. The lowest BCUT2D eigenvalue weighted by molar-refractivity contribution is -0.121. The summed E-state index contributed by atoms with van der Waals surface area (Å²) < 4.78 is 7.92. The van der Waals surface area contributed by atoms with Gasteiger partial charge in [-0.1, -0.05) is 5.21 Å². The van der Waals surface area contributed by atoms with Gasteiger partial charge in [0.1, 0.15) is 0 Å². The molecule has 0 aromatic carbocycles. The summed E-state index contributed by atoms with van der Waals surface area (Å²) in [6.07, 6.45) is 9.36. The lowest BCUT2D eigenvalue weighted by atomic mass is 9.93. The maximum absolute atomic E-state index is 11.7. The van der Waals surface area contributed by atoms with Crippen molar-refractivity contribution in [3.63, 3.8) is 0 Å². The molecule has 136 valence electrons. The largest absolute Gasteiger partial charge is 0.378 e. The van der Waals surface area contributed by atoms with Crippen LogP contribution in [0.15, 0.2) is 6.20 Å². The molecule has 0 bridgehead atoms. The maximum atomic E-state index is 11.7. The van der Waals surface area contributed by atoms with E-state index in [1.54, 1.807) is 4.90 Å². The zero-order valence-electron chi connectivity index (χ0n) is 14.4. The molecule has 2 aliphatic heterocycles. The Morgan fingerprint density at radius 1 is 1.32 bits per heavy atom. The van der Waals surface area contributed by atoms with E-state index in [4.69, 9.17) is 4.74 Å². The first-order valence-corrected chi connectivity index (χ1v) is 9.24. The van der Waals surface area contributed by atoms with Crippen molar-refractivity contribution in [3.05, 3.63) is 11.9 Å². The average Bonchev–Trinajstić information content (AvgIpc) is 3.26. The normalized spacial score (nSPS) is 25.8. The number of hydrogen-bond acceptors (Lipinski definition) is 5. The van der Waals surface area contributed by atoms with Crippen LogP contribution >= 0.6 is 0 Å². The Hall–Kier alpha value is -1.96. The Bertz CT molecular complexity index is 648. The van der Waals surface area contributed by atoms with Gasteiger partial charge in [0.2, 0.25) is 5.91 Å². The number of carbonyl (C=O) groups is 2. The second-order valence-corrected chi connectivity index (χ2v) is 7.47. The van der Waals surface area contributed by atoms with E-state index < -0.39 is 0 Å². The number of carbonyl (C=O) groups excluding carboxylic acids is 2.